The third kappa shape index (κ3) is 1.77. The first-order chi connectivity index (χ1) is 7.44. The maximum atomic E-state index is 10.8. The molecule has 1 fully saturated rings. The summed E-state index contributed by atoms with van der Waals surface area (Å²) in [6.07, 6.45) is 1.83. The minimum Gasteiger partial charge on any atom is -0.508 e. The molecule has 1 aliphatic rings. The van der Waals surface area contributed by atoms with Crippen LogP contribution in [0.25, 0.3) is 0 Å². The molecule has 0 spiro atoms. The fourth-order valence-electron chi connectivity index (χ4n) is 2.59. The summed E-state index contributed by atoms with van der Waals surface area (Å²) in [6.45, 7) is 3.86. The molecule has 3 nitrogen and oxygen atoms in total. The molecule has 1 saturated carbocycles. The van der Waals surface area contributed by atoms with Crippen molar-refractivity contribution >= 4 is 5.97 Å². The molecule has 0 heterocycles. The van der Waals surface area contributed by atoms with Gasteiger partial charge in [0.2, 0.25) is 0 Å². The molecular formula is C13H16O3. The van der Waals surface area contributed by atoms with Gasteiger partial charge in [-0.2, -0.15) is 0 Å². The first-order valence-electron chi connectivity index (χ1n) is 5.47. The number of aromatic hydroxyl groups is 1. The van der Waals surface area contributed by atoms with E-state index in [-0.39, 0.29) is 17.6 Å². The molecule has 86 valence electrons. The molecule has 0 bridgehead atoms. The maximum absolute atomic E-state index is 10.8. The molecule has 0 amide bonds. The zero-order valence-corrected chi connectivity index (χ0v) is 9.58. The number of aliphatic carboxylic acids is 1. The van der Waals surface area contributed by atoms with Crippen LogP contribution < -0.4 is 0 Å². The fraction of sp³-hybridized carbons (Fsp3) is 0.462. The van der Waals surface area contributed by atoms with Crippen LogP contribution in [0.1, 0.15) is 36.0 Å². The van der Waals surface area contributed by atoms with E-state index < -0.39 is 5.97 Å². The Morgan fingerprint density at radius 1 is 1.38 bits per heavy atom. The Hall–Kier alpha value is -1.51. The summed E-state index contributed by atoms with van der Waals surface area (Å²) in [5.41, 5.74) is 2.52. The number of carboxylic acids is 1. The molecule has 0 aromatic heterocycles. The van der Waals surface area contributed by atoms with Gasteiger partial charge in [-0.05, 0) is 43.9 Å². The van der Waals surface area contributed by atoms with Crippen LogP contribution in [0.5, 0.6) is 5.75 Å². The first kappa shape index (κ1) is 11.0. The Bertz CT molecular complexity index is 421. The van der Waals surface area contributed by atoms with Crippen molar-refractivity contribution in [3.05, 3.63) is 28.8 Å². The summed E-state index contributed by atoms with van der Waals surface area (Å²) >= 11 is 0. The summed E-state index contributed by atoms with van der Waals surface area (Å²) in [4.78, 5) is 10.8. The van der Waals surface area contributed by atoms with Gasteiger partial charge in [-0.3, -0.25) is 4.79 Å². The number of rotatable bonds is 3. The van der Waals surface area contributed by atoms with E-state index in [1.165, 1.54) is 0 Å². The van der Waals surface area contributed by atoms with Crippen LogP contribution >= 0.6 is 0 Å². The van der Waals surface area contributed by atoms with Gasteiger partial charge in [-0.25, -0.2) is 0 Å². The number of carbonyl (C=O) groups is 1. The van der Waals surface area contributed by atoms with Crippen molar-refractivity contribution in [2.24, 2.45) is 0 Å². The quantitative estimate of drug-likeness (QED) is 0.822. The molecule has 1 aliphatic carbocycles. The highest BCUT2D eigenvalue weighted by molar-refractivity contribution is 5.71. The standard InChI is InChI=1S/C13H16O3/c1-8-5-9(2)12(10(14)6-8)13(3-4-13)7-11(15)16/h5-6,14H,3-4,7H2,1-2H3,(H,15,16). The molecule has 0 unspecified atom stereocenters. The third-order valence-corrected chi connectivity index (χ3v) is 3.33. The predicted molar refractivity (Wildman–Crippen MR) is 60.7 cm³/mol. The number of phenolic OH excluding ortho intramolecular Hbond substituents is 1. The molecule has 0 atom stereocenters. The van der Waals surface area contributed by atoms with Gasteiger partial charge in [-0.1, -0.05) is 6.07 Å². The summed E-state index contributed by atoms with van der Waals surface area (Å²) < 4.78 is 0. The van der Waals surface area contributed by atoms with Gasteiger partial charge in [0.25, 0.3) is 0 Å². The van der Waals surface area contributed by atoms with E-state index in [1.807, 2.05) is 19.9 Å². The van der Waals surface area contributed by atoms with Gasteiger partial charge in [0, 0.05) is 11.0 Å². The Labute approximate surface area is 94.7 Å². The molecule has 16 heavy (non-hydrogen) atoms. The van der Waals surface area contributed by atoms with Crippen LogP contribution in [-0.2, 0) is 10.2 Å². The summed E-state index contributed by atoms with van der Waals surface area (Å²) in [5, 5.41) is 18.9. The van der Waals surface area contributed by atoms with E-state index >= 15 is 0 Å². The number of phenols is 1. The third-order valence-electron chi connectivity index (χ3n) is 3.33. The summed E-state index contributed by atoms with van der Waals surface area (Å²) in [5.74, 6) is -0.548. The summed E-state index contributed by atoms with van der Waals surface area (Å²) in [7, 11) is 0. The number of aryl methyl sites for hydroxylation is 2. The molecule has 1 aromatic carbocycles. The molecule has 0 saturated heterocycles. The van der Waals surface area contributed by atoms with Crippen LogP contribution in [-0.4, -0.2) is 16.2 Å². The van der Waals surface area contributed by atoms with Crippen molar-refractivity contribution in [2.75, 3.05) is 0 Å². The van der Waals surface area contributed by atoms with Crippen LogP contribution in [0.15, 0.2) is 12.1 Å². The van der Waals surface area contributed by atoms with Gasteiger partial charge in [-0.15, -0.1) is 0 Å². The van der Waals surface area contributed by atoms with E-state index in [0.717, 1.165) is 29.5 Å². The second-order valence-electron chi connectivity index (χ2n) is 4.83. The minimum atomic E-state index is -0.795. The molecule has 1 aromatic rings. The Kier molecular flexibility index (Phi) is 2.41. The molecule has 2 rings (SSSR count). The zero-order chi connectivity index (χ0) is 11.9. The second kappa shape index (κ2) is 3.51. The number of benzene rings is 1. The highest BCUT2D eigenvalue weighted by Crippen LogP contribution is 2.54. The monoisotopic (exact) mass is 220 g/mol. The van der Waals surface area contributed by atoms with E-state index in [1.54, 1.807) is 6.07 Å². The first-order valence-corrected chi connectivity index (χ1v) is 5.47. The lowest BCUT2D eigenvalue weighted by Gasteiger charge is -2.18. The van der Waals surface area contributed by atoms with E-state index in [2.05, 4.69) is 0 Å². The van der Waals surface area contributed by atoms with Crippen molar-refractivity contribution in [3.8, 4) is 5.75 Å². The normalized spacial score (nSPS) is 17.1. The largest absolute Gasteiger partial charge is 0.508 e. The number of carboxylic acid groups (broad SMARTS) is 1. The highest BCUT2D eigenvalue weighted by atomic mass is 16.4. The van der Waals surface area contributed by atoms with Crippen molar-refractivity contribution < 1.29 is 15.0 Å². The topological polar surface area (TPSA) is 57.5 Å². The van der Waals surface area contributed by atoms with Gasteiger partial charge >= 0.3 is 5.97 Å². The van der Waals surface area contributed by atoms with Gasteiger partial charge in [0.05, 0.1) is 6.42 Å². The lowest BCUT2D eigenvalue weighted by Crippen LogP contribution is -2.14. The Morgan fingerprint density at radius 2 is 2.00 bits per heavy atom. The van der Waals surface area contributed by atoms with Crippen molar-refractivity contribution in [3.63, 3.8) is 0 Å². The van der Waals surface area contributed by atoms with Gasteiger partial charge < -0.3 is 10.2 Å². The fourth-order valence-corrected chi connectivity index (χ4v) is 2.59. The van der Waals surface area contributed by atoms with Crippen molar-refractivity contribution in [1.29, 1.82) is 0 Å². The van der Waals surface area contributed by atoms with Gasteiger partial charge in [0.1, 0.15) is 5.75 Å². The molecule has 3 heteroatoms. The molecule has 2 N–H and O–H groups in total. The Morgan fingerprint density at radius 3 is 2.44 bits per heavy atom. The summed E-state index contributed by atoms with van der Waals surface area (Å²) in [6, 6.07) is 3.71. The average molecular weight is 220 g/mol. The molecule has 0 aliphatic heterocycles. The van der Waals surface area contributed by atoms with E-state index in [0.29, 0.717) is 0 Å². The Balaban J connectivity index is 2.44. The van der Waals surface area contributed by atoms with Crippen LogP contribution in [0.2, 0.25) is 0 Å². The lowest BCUT2D eigenvalue weighted by atomic mass is 9.87. The SMILES string of the molecule is Cc1cc(C)c(C2(CC(=O)O)CC2)c(O)c1. The van der Waals surface area contributed by atoms with Gasteiger partial charge in [0.15, 0.2) is 0 Å². The average Bonchev–Trinajstić information content (AvgIpc) is 2.81. The molecule has 0 radical (unpaired) electrons. The van der Waals surface area contributed by atoms with Crippen molar-refractivity contribution in [2.45, 2.75) is 38.5 Å². The smallest absolute Gasteiger partial charge is 0.304 e. The van der Waals surface area contributed by atoms with Crippen LogP contribution in [0, 0.1) is 13.8 Å². The highest BCUT2D eigenvalue weighted by Gasteiger charge is 2.48. The number of hydrogen-bond donors (Lipinski definition) is 2. The predicted octanol–water partition coefficient (Wildman–Crippen LogP) is 2.52. The van der Waals surface area contributed by atoms with Crippen LogP contribution in [0.3, 0.4) is 0 Å². The zero-order valence-electron chi connectivity index (χ0n) is 9.58. The van der Waals surface area contributed by atoms with E-state index in [4.69, 9.17) is 5.11 Å². The second-order valence-corrected chi connectivity index (χ2v) is 4.83. The maximum Gasteiger partial charge on any atom is 0.304 e. The minimum absolute atomic E-state index is 0.116. The molecular weight excluding hydrogens is 204 g/mol. The number of hydrogen-bond acceptors (Lipinski definition) is 2. The van der Waals surface area contributed by atoms with E-state index in [9.17, 15) is 9.90 Å². The van der Waals surface area contributed by atoms with Crippen molar-refractivity contribution in [1.82, 2.24) is 0 Å². The lowest BCUT2D eigenvalue weighted by molar-refractivity contribution is -0.137. The van der Waals surface area contributed by atoms with Crippen LogP contribution in [0.4, 0.5) is 0 Å².